The van der Waals surface area contributed by atoms with E-state index in [4.69, 9.17) is 0 Å². The van der Waals surface area contributed by atoms with E-state index in [1.54, 1.807) is 5.32 Å². The summed E-state index contributed by atoms with van der Waals surface area (Å²) in [6, 6.07) is 0.722. The number of carbonyl (C=O) groups is 2. The fourth-order valence-electron chi connectivity index (χ4n) is 4.61. The van der Waals surface area contributed by atoms with Crippen LogP contribution in [0, 0.1) is 29.3 Å². The third-order valence-electron chi connectivity index (χ3n) is 6.91. The first-order valence-corrected chi connectivity index (χ1v) is 11.9. The van der Waals surface area contributed by atoms with Crippen LogP contribution >= 0.6 is 0 Å². The zero-order chi connectivity index (χ0) is 28.4. The van der Waals surface area contributed by atoms with Gasteiger partial charge in [0.25, 0.3) is 5.91 Å². The molecule has 3 aromatic rings. The van der Waals surface area contributed by atoms with Crippen LogP contribution in [0.15, 0.2) is 35.3 Å². The molecule has 39 heavy (non-hydrogen) atoms. The molecule has 3 atom stereocenters. The molecular formula is C25H20F6N4O4. The maximum absolute atomic E-state index is 14.9. The lowest BCUT2D eigenvalue weighted by Crippen LogP contribution is -2.48. The lowest BCUT2D eigenvalue weighted by atomic mass is 10.1. The molecule has 206 valence electrons. The molecular weight excluding hydrogens is 534 g/mol. The molecule has 3 heterocycles. The third kappa shape index (κ3) is 4.73. The number of rotatable bonds is 5. The third-order valence-corrected chi connectivity index (χ3v) is 6.91. The van der Waals surface area contributed by atoms with Gasteiger partial charge < -0.3 is 10.4 Å². The molecule has 1 aromatic carbocycles. The van der Waals surface area contributed by atoms with Crippen molar-refractivity contribution < 1.29 is 41.0 Å². The molecule has 2 amide bonds. The molecule has 0 spiro atoms. The van der Waals surface area contributed by atoms with Gasteiger partial charge in [0.05, 0.1) is 24.0 Å². The first-order valence-electron chi connectivity index (χ1n) is 11.9. The second-order valence-electron chi connectivity index (χ2n) is 9.64. The average molecular weight is 554 g/mol. The number of carbonyl (C=O) groups excluding carboxylic acids is 2. The molecule has 1 aliphatic carbocycles. The highest BCUT2D eigenvalue weighted by molar-refractivity contribution is 5.99. The van der Waals surface area contributed by atoms with Gasteiger partial charge in [0.2, 0.25) is 11.3 Å². The largest absolute Gasteiger partial charge is 0.408 e. The molecule has 0 radical (unpaired) electrons. The van der Waals surface area contributed by atoms with Crippen molar-refractivity contribution in [2.75, 3.05) is 11.4 Å². The minimum absolute atomic E-state index is 0.102. The maximum atomic E-state index is 14.9. The molecule has 1 saturated carbocycles. The number of halogens is 6. The van der Waals surface area contributed by atoms with Crippen molar-refractivity contribution >= 4 is 28.7 Å². The monoisotopic (exact) mass is 554 g/mol. The van der Waals surface area contributed by atoms with Gasteiger partial charge in [0, 0.05) is 18.3 Å². The summed E-state index contributed by atoms with van der Waals surface area (Å²) < 4.78 is 84.5. The van der Waals surface area contributed by atoms with Gasteiger partial charge >= 0.3 is 6.18 Å². The molecule has 1 aliphatic heterocycles. The standard InChI is InChI=1S/C25H20F6N4O4/c1-10-17(36)9-34(24(10)39)18-5-4-13-20(37)14(23(38)33-21(11-2-3-11)25(29,30)31)8-35(22(13)32-18)19-15(27)6-12(26)7-16(19)28/h4-8,10-11,17,21,36H,2-3,9H2,1H3,(H,33,38)/t10?,17?,21-/m0/s1. The van der Waals surface area contributed by atoms with Gasteiger partial charge in [-0.3, -0.25) is 23.9 Å². The van der Waals surface area contributed by atoms with Crippen molar-refractivity contribution in [3.8, 4) is 5.69 Å². The van der Waals surface area contributed by atoms with E-state index in [2.05, 4.69) is 4.98 Å². The number of fused-ring (bicyclic) bond motifs is 1. The summed E-state index contributed by atoms with van der Waals surface area (Å²) in [7, 11) is 0. The van der Waals surface area contributed by atoms with Gasteiger partial charge in [-0.05, 0) is 30.9 Å². The Morgan fingerprint density at radius 2 is 1.77 bits per heavy atom. The Labute approximate surface area is 215 Å². The van der Waals surface area contributed by atoms with E-state index in [9.17, 15) is 45.8 Å². The zero-order valence-electron chi connectivity index (χ0n) is 20.1. The van der Waals surface area contributed by atoms with Crippen molar-refractivity contribution in [2.45, 2.75) is 38.1 Å². The van der Waals surface area contributed by atoms with Gasteiger partial charge in [-0.1, -0.05) is 6.92 Å². The second kappa shape index (κ2) is 9.36. The van der Waals surface area contributed by atoms with Gasteiger partial charge in [-0.15, -0.1) is 0 Å². The van der Waals surface area contributed by atoms with Crippen molar-refractivity contribution in [1.29, 1.82) is 0 Å². The SMILES string of the molecule is CC1C(=O)N(c2ccc3c(=O)c(C(=O)N[C@@H](C4CC4)C(F)(F)F)cn(-c4c(F)cc(F)cc4F)c3n2)CC1O. The minimum atomic E-state index is -4.80. The fraction of sp³-hybridized carbons (Fsp3) is 0.360. The van der Waals surface area contributed by atoms with E-state index in [1.807, 2.05) is 0 Å². The summed E-state index contributed by atoms with van der Waals surface area (Å²) in [5.41, 5.74) is -3.37. The molecule has 2 unspecified atom stereocenters. The number of nitrogens with one attached hydrogen (secondary N) is 1. The van der Waals surface area contributed by atoms with E-state index >= 15 is 0 Å². The van der Waals surface area contributed by atoms with E-state index in [0.717, 1.165) is 11.0 Å². The predicted molar refractivity (Wildman–Crippen MR) is 125 cm³/mol. The Balaban J connectivity index is 1.70. The van der Waals surface area contributed by atoms with Gasteiger partial charge in [-0.25, -0.2) is 18.2 Å². The van der Waals surface area contributed by atoms with Crippen LogP contribution in [0.3, 0.4) is 0 Å². The Kier molecular flexibility index (Phi) is 6.40. The number of hydrogen-bond donors (Lipinski definition) is 2. The summed E-state index contributed by atoms with van der Waals surface area (Å²) in [5.74, 6) is -7.88. The average Bonchev–Trinajstić information content (AvgIpc) is 3.65. The van der Waals surface area contributed by atoms with Crippen molar-refractivity contribution in [1.82, 2.24) is 14.9 Å². The summed E-state index contributed by atoms with van der Waals surface area (Å²) in [6.45, 7) is 1.32. The molecule has 8 nitrogen and oxygen atoms in total. The van der Waals surface area contributed by atoms with Gasteiger partial charge in [0.1, 0.15) is 28.9 Å². The van der Waals surface area contributed by atoms with Gasteiger partial charge in [-0.2, -0.15) is 13.2 Å². The highest BCUT2D eigenvalue weighted by Crippen LogP contribution is 2.40. The van der Waals surface area contributed by atoms with Crippen LogP contribution in [0.2, 0.25) is 0 Å². The number of amides is 2. The van der Waals surface area contributed by atoms with Crippen LogP contribution < -0.4 is 15.6 Å². The topological polar surface area (TPSA) is 105 Å². The number of hydrogen-bond acceptors (Lipinski definition) is 5. The molecule has 2 aromatic heterocycles. The van der Waals surface area contributed by atoms with E-state index < -0.39 is 87.1 Å². The molecule has 2 N–H and O–H groups in total. The number of β-amino-alcohol motifs (C(OH)–C–C–N with tert-alkyl or cyclic N) is 1. The number of alkyl halides is 3. The lowest BCUT2D eigenvalue weighted by Gasteiger charge is -2.22. The number of pyridine rings is 2. The second-order valence-corrected chi connectivity index (χ2v) is 9.64. The lowest BCUT2D eigenvalue weighted by molar-refractivity contribution is -0.158. The summed E-state index contributed by atoms with van der Waals surface area (Å²) in [5, 5.41) is 11.4. The Morgan fingerprint density at radius 3 is 2.31 bits per heavy atom. The van der Waals surface area contributed by atoms with Crippen LogP contribution in [0.5, 0.6) is 0 Å². The van der Waals surface area contributed by atoms with E-state index in [1.165, 1.54) is 13.0 Å². The molecule has 5 rings (SSSR count). The molecule has 14 heteroatoms. The smallest absolute Gasteiger partial charge is 0.390 e. The number of nitrogens with zero attached hydrogens (tertiary/aromatic N) is 3. The summed E-state index contributed by atoms with van der Waals surface area (Å²) in [4.78, 5) is 44.0. The number of anilines is 1. The Hall–Kier alpha value is -3.94. The zero-order valence-corrected chi connectivity index (χ0v) is 20.1. The summed E-state index contributed by atoms with van der Waals surface area (Å²) in [6.07, 6.45) is -4.79. The molecule has 2 fully saturated rings. The molecule has 0 bridgehead atoms. The minimum Gasteiger partial charge on any atom is -0.390 e. The maximum Gasteiger partial charge on any atom is 0.408 e. The molecule has 2 aliphatic rings. The summed E-state index contributed by atoms with van der Waals surface area (Å²) >= 11 is 0. The Bertz CT molecular complexity index is 1550. The van der Waals surface area contributed by atoms with Crippen molar-refractivity contribution in [3.63, 3.8) is 0 Å². The number of aliphatic hydroxyl groups excluding tert-OH is 1. The van der Waals surface area contributed by atoms with Crippen LogP contribution in [-0.4, -0.2) is 51.3 Å². The number of aliphatic hydroxyl groups is 1. The first-order chi connectivity index (χ1) is 18.3. The van der Waals surface area contributed by atoms with Crippen LogP contribution in [0.1, 0.15) is 30.1 Å². The highest BCUT2D eigenvalue weighted by Gasteiger charge is 2.50. The van der Waals surface area contributed by atoms with Gasteiger partial charge in [0.15, 0.2) is 17.3 Å². The first kappa shape index (κ1) is 26.7. The normalized spacial score (nSPS) is 20.5. The van der Waals surface area contributed by atoms with Crippen LogP contribution in [0.4, 0.5) is 32.2 Å². The fourth-order valence-corrected chi connectivity index (χ4v) is 4.61. The van der Waals surface area contributed by atoms with Crippen molar-refractivity contribution in [3.05, 3.63) is 63.7 Å². The van der Waals surface area contributed by atoms with Crippen molar-refractivity contribution in [2.24, 2.45) is 11.8 Å². The number of benzene rings is 1. The van der Waals surface area contributed by atoms with Crippen LogP contribution in [0.25, 0.3) is 16.7 Å². The van der Waals surface area contributed by atoms with E-state index in [0.29, 0.717) is 22.9 Å². The predicted octanol–water partition coefficient (Wildman–Crippen LogP) is 3.22. The highest BCUT2D eigenvalue weighted by atomic mass is 19.4. The molecule has 1 saturated heterocycles. The quantitative estimate of drug-likeness (QED) is 0.472. The Morgan fingerprint density at radius 1 is 1.13 bits per heavy atom. The van der Waals surface area contributed by atoms with Crippen LogP contribution in [-0.2, 0) is 4.79 Å². The van der Waals surface area contributed by atoms with E-state index in [-0.39, 0.29) is 25.2 Å². The number of aromatic nitrogens is 2.